The van der Waals surface area contributed by atoms with Crippen LogP contribution >= 0.6 is 0 Å². The average molecular weight is 155 g/mol. The van der Waals surface area contributed by atoms with E-state index in [-0.39, 0.29) is 18.2 Å². The summed E-state index contributed by atoms with van der Waals surface area (Å²) in [7, 11) is 0. The van der Waals surface area contributed by atoms with Crippen molar-refractivity contribution in [1.29, 1.82) is 0 Å². The van der Waals surface area contributed by atoms with E-state index in [0.29, 0.717) is 0 Å². The summed E-state index contributed by atoms with van der Waals surface area (Å²) in [5.41, 5.74) is 0. The Labute approximate surface area is 72.3 Å². The number of hydrogen-bond acceptors (Lipinski definition) is 0. The summed E-state index contributed by atoms with van der Waals surface area (Å²) < 4.78 is 13.2. The van der Waals surface area contributed by atoms with Crippen LogP contribution in [0.5, 0.6) is 0 Å². The number of halogens is 2. The Hall–Kier alpha value is 0.206. The van der Waals surface area contributed by atoms with E-state index in [9.17, 15) is 4.39 Å². The Morgan fingerprint density at radius 3 is 2.33 bits per heavy atom. The predicted octanol–water partition coefficient (Wildman–Crippen LogP) is -2.38. The minimum absolute atomic E-state index is 0. The van der Waals surface area contributed by atoms with Crippen LogP contribution in [0.3, 0.4) is 0 Å². The van der Waals surface area contributed by atoms with Crippen LogP contribution in [0.4, 0.5) is 4.39 Å². The first-order valence-electron chi connectivity index (χ1n) is 2.36. The van der Waals surface area contributed by atoms with E-state index < -0.39 is 0 Å². The quantitative estimate of drug-likeness (QED) is 0.367. The van der Waals surface area contributed by atoms with Gasteiger partial charge in [0.25, 0.3) is 0 Å². The van der Waals surface area contributed by atoms with Gasteiger partial charge in [-0.2, -0.15) is 0 Å². The van der Waals surface area contributed by atoms with Gasteiger partial charge in [-0.25, -0.2) is 0 Å². The van der Waals surface area contributed by atoms with Gasteiger partial charge in [-0.3, -0.25) is 0 Å². The summed E-state index contributed by atoms with van der Waals surface area (Å²) in [6.07, 6.45) is 0. The van der Waals surface area contributed by atoms with Crippen molar-refractivity contribution in [3.8, 4) is 0 Å². The molecule has 3 heteroatoms. The van der Waals surface area contributed by atoms with Gasteiger partial charge in [0, 0.05) is 0 Å². The smallest absolute Gasteiger partial charge is 1.00 e. The number of rotatable bonds is 0. The fourth-order valence-electron chi connectivity index (χ4n) is 0.537. The topological polar surface area (TPSA) is 0 Å². The maximum Gasteiger partial charge on any atom is -1.00 e. The molecule has 1 aromatic rings. The molecule has 0 amide bonds. The molecule has 0 heterocycles. The fraction of sp³-hybridized carbons (Fsp3) is 0. The van der Waals surface area contributed by atoms with Crippen LogP contribution in [-0.4, -0.2) is 21.7 Å². The molecule has 0 saturated heterocycles. The Kier molecular flexibility index (Phi) is 4.18. The first-order valence-corrected chi connectivity index (χ1v) is 3.07. The summed E-state index contributed by atoms with van der Waals surface area (Å²) in [4.78, 5) is 0. The molecular formula is C6H4ClFMg. The van der Waals surface area contributed by atoms with Gasteiger partial charge in [0.1, 0.15) is 0 Å². The molecule has 0 radical (unpaired) electrons. The zero-order valence-corrected chi connectivity index (χ0v) is 6.94. The normalized spacial score (nSPS) is 8.33. The van der Waals surface area contributed by atoms with E-state index in [1.54, 1.807) is 27.8 Å². The maximum absolute atomic E-state index is 12.2. The van der Waals surface area contributed by atoms with Crippen LogP contribution in [-0.2, 0) is 0 Å². The molecule has 9 heavy (non-hydrogen) atoms. The number of benzene rings is 1. The van der Waals surface area contributed by atoms with E-state index in [1.807, 2.05) is 6.07 Å². The second-order valence-corrected chi connectivity index (χ2v) is 2.45. The Balaban J connectivity index is 0.000000640. The van der Waals surface area contributed by atoms with Crippen molar-refractivity contribution in [2.75, 3.05) is 0 Å². The molecule has 0 N–H and O–H groups in total. The Morgan fingerprint density at radius 2 is 2.00 bits per heavy atom. The van der Waals surface area contributed by atoms with Gasteiger partial charge in [-0.15, -0.1) is 0 Å². The van der Waals surface area contributed by atoms with E-state index in [4.69, 9.17) is 0 Å². The van der Waals surface area contributed by atoms with Crippen molar-refractivity contribution in [2.45, 2.75) is 0 Å². The third kappa shape index (κ3) is 3.03. The second-order valence-electron chi connectivity index (χ2n) is 1.63. The standard InChI is InChI=1S/C6H4F.ClH.Mg/c7-6-4-2-1-3-5-6;;/h1-2,4-5H;1H;/q;;+1/p-1. The molecular weight excluding hydrogens is 151 g/mol. The molecule has 0 aliphatic rings. The summed E-state index contributed by atoms with van der Waals surface area (Å²) in [5, 5.41) is 0. The molecule has 0 spiro atoms. The largest absolute Gasteiger partial charge is 1.00 e. The van der Waals surface area contributed by atoms with Gasteiger partial charge >= 0.3 is 59.9 Å². The van der Waals surface area contributed by atoms with Gasteiger partial charge in [0.15, 0.2) is 0 Å². The van der Waals surface area contributed by atoms with Crippen LogP contribution in [0.2, 0.25) is 0 Å². The molecule has 0 atom stereocenters. The molecule has 0 unspecified atom stereocenters. The molecule has 0 saturated carbocycles. The first-order chi connectivity index (χ1) is 3.79. The van der Waals surface area contributed by atoms with Crippen molar-refractivity contribution in [1.82, 2.24) is 0 Å². The molecule has 0 bridgehead atoms. The second kappa shape index (κ2) is 4.09. The van der Waals surface area contributed by atoms with Crippen molar-refractivity contribution >= 4 is 25.4 Å². The van der Waals surface area contributed by atoms with Crippen LogP contribution in [0.15, 0.2) is 24.3 Å². The minimum Gasteiger partial charge on any atom is -1.00 e. The summed E-state index contributed by atoms with van der Waals surface area (Å²) >= 11 is 1.68. The van der Waals surface area contributed by atoms with Gasteiger partial charge in [0.05, 0.1) is 0 Å². The Morgan fingerprint density at radius 1 is 1.33 bits per heavy atom. The third-order valence-electron chi connectivity index (χ3n) is 0.889. The van der Waals surface area contributed by atoms with E-state index in [1.165, 1.54) is 12.1 Å². The van der Waals surface area contributed by atoms with Crippen molar-refractivity contribution < 1.29 is 16.8 Å². The molecule has 0 aromatic heterocycles. The maximum atomic E-state index is 12.2. The van der Waals surface area contributed by atoms with E-state index >= 15 is 0 Å². The number of hydrogen-bond donors (Lipinski definition) is 0. The van der Waals surface area contributed by atoms with Crippen LogP contribution in [0, 0.1) is 5.82 Å². The summed E-state index contributed by atoms with van der Waals surface area (Å²) in [6, 6.07) is 6.54. The molecule has 0 aliphatic carbocycles. The zero-order chi connectivity index (χ0) is 5.98. The Bertz CT molecular complexity index is 173. The van der Waals surface area contributed by atoms with Gasteiger partial charge < -0.3 is 12.4 Å². The van der Waals surface area contributed by atoms with Crippen molar-refractivity contribution in [3.05, 3.63) is 30.1 Å². The predicted molar refractivity (Wildman–Crippen MR) is 31.8 cm³/mol. The molecule has 0 aliphatic heterocycles. The van der Waals surface area contributed by atoms with Crippen molar-refractivity contribution in [2.24, 2.45) is 0 Å². The third-order valence-corrected chi connectivity index (χ3v) is 1.33. The van der Waals surface area contributed by atoms with Crippen LogP contribution in [0.1, 0.15) is 0 Å². The van der Waals surface area contributed by atoms with Crippen LogP contribution in [0.25, 0.3) is 0 Å². The van der Waals surface area contributed by atoms with Gasteiger partial charge in [-0.05, 0) is 0 Å². The zero-order valence-electron chi connectivity index (χ0n) is 4.77. The molecule has 0 nitrogen and oxygen atoms in total. The monoisotopic (exact) mass is 154 g/mol. The van der Waals surface area contributed by atoms with Gasteiger partial charge in [0.2, 0.25) is 0 Å². The van der Waals surface area contributed by atoms with Crippen LogP contribution < -0.4 is 16.1 Å². The molecule has 1 aromatic carbocycles. The molecule has 0 fully saturated rings. The SMILES string of the molecule is Fc1ccc[c]([Mg+])c1.[Cl-]. The minimum atomic E-state index is -0.155. The van der Waals surface area contributed by atoms with E-state index in [0.717, 1.165) is 3.69 Å². The molecule has 44 valence electrons. The van der Waals surface area contributed by atoms with Gasteiger partial charge in [-0.1, -0.05) is 0 Å². The summed E-state index contributed by atoms with van der Waals surface area (Å²) in [6.45, 7) is 0. The van der Waals surface area contributed by atoms with Crippen molar-refractivity contribution in [3.63, 3.8) is 0 Å². The average Bonchev–Trinajstić information content (AvgIpc) is 1.64. The fourth-order valence-corrected chi connectivity index (χ4v) is 0.868. The molecule has 1 rings (SSSR count). The first kappa shape index (κ1) is 9.21. The summed E-state index contributed by atoms with van der Waals surface area (Å²) in [5.74, 6) is -0.155. The van der Waals surface area contributed by atoms with E-state index in [2.05, 4.69) is 0 Å².